The number of aryl methyl sites for hydroxylation is 1. The van der Waals surface area contributed by atoms with Crippen LogP contribution in [0.4, 0.5) is 5.69 Å². The van der Waals surface area contributed by atoms with E-state index in [1.807, 2.05) is 12.1 Å². The summed E-state index contributed by atoms with van der Waals surface area (Å²) in [7, 11) is 0. The van der Waals surface area contributed by atoms with Crippen molar-refractivity contribution in [1.29, 1.82) is 0 Å². The molecule has 1 saturated carbocycles. The zero-order valence-corrected chi connectivity index (χ0v) is 13.3. The van der Waals surface area contributed by atoms with Crippen molar-refractivity contribution in [2.45, 2.75) is 65.0 Å². The average molecular weight is 290 g/mol. The molecule has 0 amide bonds. The lowest BCUT2D eigenvalue weighted by Crippen LogP contribution is -2.36. The first-order valence-corrected chi connectivity index (χ1v) is 8.00. The Balaban J connectivity index is 2.04. The largest absolute Gasteiger partial charge is 0.307 e. The molecule has 4 heteroatoms. The summed E-state index contributed by atoms with van der Waals surface area (Å²) < 4.78 is 0. The molecule has 0 radical (unpaired) electrons. The lowest BCUT2D eigenvalue weighted by atomic mass is 9.84. The van der Waals surface area contributed by atoms with Gasteiger partial charge in [-0.3, -0.25) is 10.1 Å². The van der Waals surface area contributed by atoms with Crippen LogP contribution in [0.15, 0.2) is 18.2 Å². The minimum atomic E-state index is -0.296. The molecule has 4 nitrogen and oxygen atoms in total. The lowest BCUT2D eigenvalue weighted by Gasteiger charge is -2.30. The van der Waals surface area contributed by atoms with Gasteiger partial charge in [0.25, 0.3) is 5.69 Å². The van der Waals surface area contributed by atoms with Crippen LogP contribution in [-0.2, 0) is 0 Å². The second-order valence-electron chi connectivity index (χ2n) is 6.38. The molecule has 1 aliphatic rings. The van der Waals surface area contributed by atoms with E-state index in [-0.39, 0.29) is 16.7 Å². The predicted molar refractivity (Wildman–Crippen MR) is 85.4 cm³/mol. The fraction of sp³-hybridized carbons (Fsp3) is 0.647. The van der Waals surface area contributed by atoms with E-state index < -0.39 is 0 Å². The van der Waals surface area contributed by atoms with Gasteiger partial charge in [-0.2, -0.15) is 0 Å². The number of nitro benzene ring substituents is 1. The average Bonchev–Trinajstić information content (AvgIpc) is 2.48. The van der Waals surface area contributed by atoms with E-state index in [0.717, 1.165) is 17.0 Å². The predicted octanol–water partition coefficient (Wildman–Crippen LogP) is 4.52. The molecule has 1 unspecified atom stereocenters. The van der Waals surface area contributed by atoms with Gasteiger partial charge < -0.3 is 5.32 Å². The first-order chi connectivity index (χ1) is 9.99. The highest BCUT2D eigenvalue weighted by Crippen LogP contribution is 2.28. The van der Waals surface area contributed by atoms with Gasteiger partial charge in [0.1, 0.15) is 0 Å². The van der Waals surface area contributed by atoms with E-state index in [2.05, 4.69) is 19.2 Å². The van der Waals surface area contributed by atoms with Gasteiger partial charge in [-0.25, -0.2) is 0 Å². The Labute approximate surface area is 127 Å². The Kier molecular flexibility index (Phi) is 5.34. The van der Waals surface area contributed by atoms with Crippen LogP contribution in [0.2, 0.25) is 0 Å². The van der Waals surface area contributed by atoms with E-state index in [0.29, 0.717) is 6.04 Å². The van der Waals surface area contributed by atoms with Gasteiger partial charge in [0.15, 0.2) is 0 Å². The first-order valence-electron chi connectivity index (χ1n) is 8.00. The fourth-order valence-electron chi connectivity index (χ4n) is 3.35. The summed E-state index contributed by atoms with van der Waals surface area (Å²) >= 11 is 0. The van der Waals surface area contributed by atoms with Crippen molar-refractivity contribution in [2.24, 2.45) is 5.92 Å². The van der Waals surface area contributed by atoms with Crippen molar-refractivity contribution in [1.82, 2.24) is 5.32 Å². The Hall–Kier alpha value is -1.42. The van der Waals surface area contributed by atoms with E-state index in [1.54, 1.807) is 13.0 Å². The number of nitrogens with one attached hydrogen (secondary N) is 1. The van der Waals surface area contributed by atoms with E-state index >= 15 is 0 Å². The van der Waals surface area contributed by atoms with Crippen LogP contribution in [0.3, 0.4) is 0 Å². The van der Waals surface area contributed by atoms with Crippen LogP contribution in [0.5, 0.6) is 0 Å². The number of nitrogens with zero attached hydrogens (tertiary/aromatic N) is 1. The second-order valence-corrected chi connectivity index (χ2v) is 6.38. The third kappa shape index (κ3) is 4.03. The van der Waals surface area contributed by atoms with Crippen LogP contribution in [0.25, 0.3) is 0 Å². The van der Waals surface area contributed by atoms with Gasteiger partial charge in [0.05, 0.1) is 4.92 Å². The molecule has 2 rings (SSSR count). The number of hydrogen-bond donors (Lipinski definition) is 1. The van der Waals surface area contributed by atoms with Gasteiger partial charge >= 0.3 is 0 Å². The highest BCUT2D eigenvalue weighted by atomic mass is 16.6. The molecule has 2 atom stereocenters. The van der Waals surface area contributed by atoms with Crippen LogP contribution in [-0.4, -0.2) is 11.0 Å². The molecule has 1 aliphatic carbocycles. The SMILES string of the molecule is Cc1ccc(C(C)N[C@@H](C)C2CCCCC2)cc1[N+](=O)[O-]. The summed E-state index contributed by atoms with van der Waals surface area (Å²) in [6, 6.07) is 6.15. The topological polar surface area (TPSA) is 55.2 Å². The van der Waals surface area contributed by atoms with Crippen molar-refractivity contribution >= 4 is 5.69 Å². The minimum Gasteiger partial charge on any atom is -0.307 e. The molecule has 21 heavy (non-hydrogen) atoms. The molecule has 0 bridgehead atoms. The Morgan fingerprint density at radius 1 is 1.24 bits per heavy atom. The van der Waals surface area contributed by atoms with Crippen LogP contribution in [0, 0.1) is 23.0 Å². The molecule has 0 heterocycles. The summed E-state index contributed by atoms with van der Waals surface area (Å²) in [4.78, 5) is 10.8. The van der Waals surface area contributed by atoms with Gasteiger partial charge in [0.2, 0.25) is 0 Å². The third-order valence-electron chi connectivity index (χ3n) is 4.80. The normalized spacial score (nSPS) is 19.2. The van der Waals surface area contributed by atoms with Crippen molar-refractivity contribution < 1.29 is 4.92 Å². The van der Waals surface area contributed by atoms with Gasteiger partial charge in [-0.05, 0) is 45.1 Å². The zero-order valence-electron chi connectivity index (χ0n) is 13.3. The standard InChI is InChI=1S/C17H26N2O2/c1-12-9-10-16(11-17(12)19(20)21)14(3)18-13(2)15-7-5-4-6-8-15/h9-11,13-15,18H,4-8H2,1-3H3/t13-,14?/m0/s1. The molecule has 1 N–H and O–H groups in total. The van der Waals surface area contributed by atoms with Gasteiger partial charge in [-0.1, -0.05) is 31.4 Å². The summed E-state index contributed by atoms with van der Waals surface area (Å²) in [5.74, 6) is 0.738. The maximum atomic E-state index is 11.1. The molecule has 1 aromatic rings. The minimum absolute atomic E-state index is 0.140. The monoisotopic (exact) mass is 290 g/mol. The van der Waals surface area contributed by atoms with Crippen molar-refractivity contribution in [2.75, 3.05) is 0 Å². The molecule has 0 aromatic heterocycles. The molecular weight excluding hydrogens is 264 g/mol. The van der Waals surface area contributed by atoms with Crippen LogP contribution >= 0.6 is 0 Å². The first kappa shape index (κ1) is 16.0. The molecule has 0 aliphatic heterocycles. The zero-order chi connectivity index (χ0) is 15.4. The third-order valence-corrected chi connectivity index (χ3v) is 4.80. The van der Waals surface area contributed by atoms with Crippen molar-refractivity contribution in [3.05, 3.63) is 39.4 Å². The molecule has 1 aromatic carbocycles. The van der Waals surface area contributed by atoms with Gasteiger partial charge in [0, 0.05) is 23.7 Å². The number of rotatable bonds is 5. The number of nitro groups is 1. The molecule has 0 spiro atoms. The quantitative estimate of drug-likeness (QED) is 0.640. The van der Waals surface area contributed by atoms with Crippen molar-refractivity contribution in [3.8, 4) is 0 Å². The molecule has 0 saturated heterocycles. The fourth-order valence-corrected chi connectivity index (χ4v) is 3.35. The number of hydrogen-bond acceptors (Lipinski definition) is 3. The highest BCUT2D eigenvalue weighted by Gasteiger charge is 2.22. The smallest absolute Gasteiger partial charge is 0.272 e. The summed E-state index contributed by atoms with van der Waals surface area (Å²) in [6.45, 7) is 6.12. The maximum absolute atomic E-state index is 11.1. The maximum Gasteiger partial charge on any atom is 0.272 e. The van der Waals surface area contributed by atoms with E-state index in [9.17, 15) is 10.1 Å². The Morgan fingerprint density at radius 2 is 1.90 bits per heavy atom. The van der Waals surface area contributed by atoms with E-state index in [1.165, 1.54) is 32.1 Å². The second kappa shape index (κ2) is 7.03. The molecular formula is C17H26N2O2. The van der Waals surface area contributed by atoms with Crippen LogP contribution < -0.4 is 5.32 Å². The van der Waals surface area contributed by atoms with Gasteiger partial charge in [-0.15, -0.1) is 0 Å². The van der Waals surface area contributed by atoms with Crippen LogP contribution in [0.1, 0.15) is 63.1 Å². The lowest BCUT2D eigenvalue weighted by molar-refractivity contribution is -0.385. The summed E-state index contributed by atoms with van der Waals surface area (Å²) in [5, 5.41) is 14.7. The number of benzene rings is 1. The molecule has 1 fully saturated rings. The summed E-state index contributed by atoms with van der Waals surface area (Å²) in [6.07, 6.45) is 6.63. The van der Waals surface area contributed by atoms with Crippen molar-refractivity contribution in [3.63, 3.8) is 0 Å². The van der Waals surface area contributed by atoms with E-state index in [4.69, 9.17) is 0 Å². The Bertz CT molecular complexity index is 496. The highest BCUT2D eigenvalue weighted by molar-refractivity contribution is 5.43. The molecule has 116 valence electrons. The summed E-state index contributed by atoms with van der Waals surface area (Å²) in [5.41, 5.74) is 1.93. The Morgan fingerprint density at radius 3 is 2.52 bits per heavy atom.